The minimum Gasteiger partial charge on any atom is -0.391 e. The van der Waals surface area contributed by atoms with E-state index in [1.54, 1.807) is 4.90 Å². The van der Waals surface area contributed by atoms with Crippen molar-refractivity contribution in [2.24, 2.45) is 0 Å². The van der Waals surface area contributed by atoms with Crippen LogP contribution in [0.5, 0.6) is 0 Å². The Morgan fingerprint density at radius 2 is 2.28 bits per heavy atom. The largest absolute Gasteiger partial charge is 0.391 e. The molecule has 0 bridgehead atoms. The van der Waals surface area contributed by atoms with Crippen LogP contribution in [0.3, 0.4) is 0 Å². The van der Waals surface area contributed by atoms with Crippen molar-refractivity contribution in [2.45, 2.75) is 18.9 Å². The smallest absolute Gasteiger partial charge is 0.293 e. The average molecular weight is 319 g/mol. The van der Waals surface area contributed by atoms with Crippen LogP contribution in [0.4, 0.5) is 15.8 Å². The highest BCUT2D eigenvalue weighted by Gasteiger charge is 2.26. The van der Waals surface area contributed by atoms with Gasteiger partial charge in [-0.15, -0.1) is 0 Å². The van der Waals surface area contributed by atoms with Gasteiger partial charge in [-0.1, -0.05) is 0 Å². The molecule has 18 heavy (non-hydrogen) atoms. The summed E-state index contributed by atoms with van der Waals surface area (Å²) >= 11 is 2.94. The zero-order valence-electron chi connectivity index (χ0n) is 9.47. The van der Waals surface area contributed by atoms with Crippen molar-refractivity contribution in [1.82, 2.24) is 0 Å². The van der Waals surface area contributed by atoms with Crippen LogP contribution in [0.2, 0.25) is 0 Å². The molecule has 1 aromatic rings. The van der Waals surface area contributed by atoms with Crippen LogP contribution < -0.4 is 4.90 Å². The molecule has 1 aromatic carbocycles. The van der Waals surface area contributed by atoms with Crippen LogP contribution in [0, 0.1) is 15.9 Å². The number of nitrogens with zero attached hydrogens (tertiary/aromatic N) is 2. The molecule has 7 heteroatoms. The SMILES string of the molecule is O=[N+]([O-])c1cc(Br)c(F)cc1N1CCCC(O)C1. The van der Waals surface area contributed by atoms with Crippen molar-refractivity contribution in [3.05, 3.63) is 32.5 Å². The van der Waals surface area contributed by atoms with Crippen molar-refractivity contribution in [2.75, 3.05) is 18.0 Å². The topological polar surface area (TPSA) is 66.6 Å². The fraction of sp³-hybridized carbons (Fsp3) is 0.455. The zero-order valence-corrected chi connectivity index (χ0v) is 11.1. The molecular weight excluding hydrogens is 307 g/mol. The minimum absolute atomic E-state index is 0.0653. The second kappa shape index (κ2) is 5.19. The highest BCUT2D eigenvalue weighted by atomic mass is 79.9. The van der Waals surface area contributed by atoms with Gasteiger partial charge in [0, 0.05) is 25.2 Å². The van der Waals surface area contributed by atoms with E-state index < -0.39 is 16.8 Å². The lowest BCUT2D eigenvalue weighted by atomic mass is 10.1. The van der Waals surface area contributed by atoms with Crippen LogP contribution in [0.1, 0.15) is 12.8 Å². The van der Waals surface area contributed by atoms with Gasteiger partial charge in [-0.25, -0.2) is 4.39 Å². The van der Waals surface area contributed by atoms with Crippen LogP contribution in [0.25, 0.3) is 0 Å². The van der Waals surface area contributed by atoms with Crippen molar-refractivity contribution in [3.8, 4) is 0 Å². The Balaban J connectivity index is 2.41. The van der Waals surface area contributed by atoms with E-state index in [0.29, 0.717) is 19.5 Å². The summed E-state index contributed by atoms with van der Waals surface area (Å²) in [6, 6.07) is 2.30. The third kappa shape index (κ3) is 2.62. The summed E-state index contributed by atoms with van der Waals surface area (Å²) in [5, 5.41) is 20.6. The van der Waals surface area contributed by atoms with E-state index in [1.165, 1.54) is 0 Å². The molecule has 98 valence electrons. The Bertz CT molecular complexity index is 484. The fourth-order valence-corrected chi connectivity index (χ4v) is 2.43. The number of nitro groups is 1. The highest BCUT2D eigenvalue weighted by Crippen LogP contribution is 2.34. The third-order valence-corrected chi connectivity index (χ3v) is 3.56. The highest BCUT2D eigenvalue weighted by molar-refractivity contribution is 9.10. The first-order valence-corrected chi connectivity index (χ1v) is 6.35. The molecule has 5 nitrogen and oxygen atoms in total. The predicted octanol–water partition coefficient (Wildman–Crippen LogP) is 2.46. The molecule has 1 aliphatic heterocycles. The Morgan fingerprint density at radius 1 is 1.56 bits per heavy atom. The Morgan fingerprint density at radius 3 is 2.89 bits per heavy atom. The maximum atomic E-state index is 13.5. The number of β-amino-alcohol motifs (C(OH)–C–C–N with tert-alkyl or cyclic N) is 1. The number of hydrogen-bond donors (Lipinski definition) is 1. The van der Waals surface area contributed by atoms with Crippen LogP contribution in [0.15, 0.2) is 16.6 Å². The van der Waals surface area contributed by atoms with Crippen molar-refractivity contribution in [3.63, 3.8) is 0 Å². The molecular formula is C11H12BrFN2O3. The first kappa shape index (κ1) is 13.2. The van der Waals surface area contributed by atoms with Crippen molar-refractivity contribution in [1.29, 1.82) is 0 Å². The molecule has 0 amide bonds. The number of benzene rings is 1. The molecule has 0 radical (unpaired) electrons. The van der Waals surface area contributed by atoms with Crippen LogP contribution >= 0.6 is 15.9 Å². The molecule has 1 unspecified atom stereocenters. The van der Waals surface area contributed by atoms with Gasteiger partial charge in [-0.3, -0.25) is 10.1 Å². The maximum Gasteiger partial charge on any atom is 0.293 e. The summed E-state index contributed by atoms with van der Waals surface area (Å²) in [5.41, 5.74) is 0.0665. The van der Waals surface area contributed by atoms with E-state index in [1.807, 2.05) is 0 Å². The van der Waals surface area contributed by atoms with Gasteiger partial charge >= 0.3 is 0 Å². The van der Waals surface area contributed by atoms with E-state index in [2.05, 4.69) is 15.9 Å². The number of rotatable bonds is 2. The van der Waals surface area contributed by atoms with E-state index >= 15 is 0 Å². The van der Waals surface area contributed by atoms with Gasteiger partial charge in [0.25, 0.3) is 5.69 Å². The van der Waals surface area contributed by atoms with Gasteiger partial charge in [0.15, 0.2) is 0 Å². The quantitative estimate of drug-likeness (QED) is 0.672. The van der Waals surface area contributed by atoms with E-state index in [4.69, 9.17) is 0 Å². The Hall–Kier alpha value is -1.21. The summed E-state index contributed by atoms with van der Waals surface area (Å²) in [4.78, 5) is 12.1. The zero-order chi connectivity index (χ0) is 13.3. The molecule has 0 spiro atoms. The number of aliphatic hydroxyl groups excluding tert-OH is 1. The van der Waals surface area contributed by atoms with E-state index in [9.17, 15) is 19.6 Å². The molecule has 0 saturated carbocycles. The molecule has 1 aliphatic rings. The summed E-state index contributed by atoms with van der Waals surface area (Å²) < 4.78 is 13.6. The fourth-order valence-electron chi connectivity index (χ4n) is 2.10. The second-order valence-electron chi connectivity index (χ2n) is 4.25. The average Bonchev–Trinajstić information content (AvgIpc) is 2.31. The second-order valence-corrected chi connectivity index (χ2v) is 5.11. The van der Waals surface area contributed by atoms with Crippen molar-refractivity contribution < 1.29 is 14.4 Å². The number of halogens is 2. The lowest BCUT2D eigenvalue weighted by Crippen LogP contribution is -2.38. The van der Waals surface area contributed by atoms with Gasteiger partial charge in [-0.05, 0) is 28.8 Å². The van der Waals surface area contributed by atoms with E-state index in [0.717, 1.165) is 18.6 Å². The summed E-state index contributed by atoms with van der Waals surface area (Å²) in [6.07, 6.45) is 0.879. The van der Waals surface area contributed by atoms with Gasteiger partial charge < -0.3 is 10.0 Å². The van der Waals surface area contributed by atoms with Gasteiger partial charge in [-0.2, -0.15) is 0 Å². The molecule has 1 fully saturated rings. The predicted molar refractivity (Wildman–Crippen MR) is 68.2 cm³/mol. The Labute approximate surface area is 111 Å². The summed E-state index contributed by atoms with van der Waals surface area (Å²) in [6.45, 7) is 0.876. The Kier molecular flexibility index (Phi) is 3.82. The maximum absolute atomic E-state index is 13.5. The molecule has 1 N–H and O–H groups in total. The molecule has 1 heterocycles. The van der Waals surface area contributed by atoms with E-state index in [-0.39, 0.29) is 15.8 Å². The van der Waals surface area contributed by atoms with Gasteiger partial charge in [0.1, 0.15) is 11.5 Å². The standard InChI is InChI=1S/C11H12BrFN2O3/c12-8-4-11(15(17)18)10(5-9(8)13)14-3-1-2-7(16)6-14/h4-5,7,16H,1-3,6H2. The molecule has 1 atom stereocenters. The van der Waals surface area contributed by atoms with Crippen LogP contribution in [-0.2, 0) is 0 Å². The van der Waals surface area contributed by atoms with Crippen molar-refractivity contribution >= 4 is 27.3 Å². The molecule has 2 rings (SSSR count). The first-order valence-electron chi connectivity index (χ1n) is 5.55. The summed E-state index contributed by atoms with van der Waals surface area (Å²) in [5.74, 6) is -0.546. The number of nitro benzene ring substituents is 1. The number of anilines is 1. The monoisotopic (exact) mass is 318 g/mol. The number of aliphatic hydroxyl groups is 1. The third-order valence-electron chi connectivity index (χ3n) is 2.95. The molecule has 0 aliphatic carbocycles. The van der Waals surface area contributed by atoms with Gasteiger partial charge in [0.05, 0.1) is 15.5 Å². The summed E-state index contributed by atoms with van der Waals surface area (Å²) in [7, 11) is 0. The first-order chi connectivity index (χ1) is 8.49. The lowest BCUT2D eigenvalue weighted by molar-refractivity contribution is -0.384. The number of piperidine rings is 1. The van der Waals surface area contributed by atoms with Gasteiger partial charge in [0.2, 0.25) is 0 Å². The molecule has 1 saturated heterocycles. The minimum atomic E-state index is -0.546. The molecule has 0 aromatic heterocycles. The van der Waals surface area contributed by atoms with Crippen LogP contribution in [-0.4, -0.2) is 29.2 Å². The number of hydrogen-bond acceptors (Lipinski definition) is 4. The normalized spacial score (nSPS) is 19.9. The lowest BCUT2D eigenvalue weighted by Gasteiger charge is -2.31.